The number of hydrogen-bond acceptors (Lipinski definition) is 7. The Hall–Kier alpha value is -2.55. The molecule has 4 rings (SSSR count). The number of nitrogens with zero attached hydrogens (tertiary/aromatic N) is 3. The van der Waals surface area contributed by atoms with Gasteiger partial charge in [-0.25, -0.2) is 4.98 Å². The van der Waals surface area contributed by atoms with Gasteiger partial charge < -0.3 is 20.7 Å². The van der Waals surface area contributed by atoms with Crippen molar-refractivity contribution in [1.82, 2.24) is 20.2 Å². The lowest BCUT2D eigenvalue weighted by atomic mass is 10.1. The van der Waals surface area contributed by atoms with Crippen LogP contribution in [0.1, 0.15) is 43.4 Å². The fourth-order valence-electron chi connectivity index (χ4n) is 3.23. The Kier molecular flexibility index (Phi) is 9.87. The first-order valence-corrected chi connectivity index (χ1v) is 11.6. The third kappa shape index (κ3) is 8.53. The molecule has 1 aliphatic carbocycles. The summed E-state index contributed by atoms with van der Waals surface area (Å²) in [6.07, 6.45) is 5.26. The summed E-state index contributed by atoms with van der Waals surface area (Å²) in [5, 5.41) is 9.19. The number of piperazine rings is 1. The number of nitrogens with one attached hydrogen (secondary N) is 3. The first kappa shape index (κ1) is 24.1. The van der Waals surface area contributed by atoms with E-state index in [0.717, 1.165) is 49.8 Å². The Morgan fingerprint density at radius 1 is 1.19 bits per heavy atom. The topological polar surface area (TPSA) is 91.4 Å². The molecule has 0 unspecified atom stereocenters. The molecule has 0 spiro atoms. The summed E-state index contributed by atoms with van der Waals surface area (Å²) in [5.41, 5.74) is 3.22. The van der Waals surface area contributed by atoms with E-state index in [0.29, 0.717) is 37.9 Å². The number of carbonyl (C=O) groups excluding carboxylic acids is 1. The predicted octanol–water partition coefficient (Wildman–Crippen LogP) is 3.02. The molecule has 8 nitrogen and oxygen atoms in total. The molecular formula is C24H36N6O2. The van der Waals surface area contributed by atoms with Gasteiger partial charge in [-0.15, -0.1) is 0 Å². The Balaban J connectivity index is 0.000000650. The molecule has 3 N–H and O–H groups in total. The van der Waals surface area contributed by atoms with Crippen LogP contribution in [0.25, 0.3) is 0 Å². The highest BCUT2D eigenvalue weighted by Gasteiger charge is 2.12. The maximum Gasteiger partial charge on any atom is 0.224 e. The molecular weight excluding hydrogens is 404 g/mol. The second kappa shape index (κ2) is 13.1. The van der Waals surface area contributed by atoms with Crippen LogP contribution < -0.4 is 16.0 Å². The van der Waals surface area contributed by atoms with Crippen LogP contribution in [0.4, 0.5) is 11.8 Å². The second-order valence-corrected chi connectivity index (χ2v) is 8.35. The van der Waals surface area contributed by atoms with E-state index in [4.69, 9.17) is 4.74 Å². The summed E-state index contributed by atoms with van der Waals surface area (Å²) in [4.78, 5) is 22.0. The maximum absolute atomic E-state index is 10.8. The van der Waals surface area contributed by atoms with E-state index in [9.17, 15) is 4.79 Å². The van der Waals surface area contributed by atoms with Crippen molar-refractivity contribution >= 4 is 18.2 Å². The normalized spacial score (nSPS) is 16.1. The van der Waals surface area contributed by atoms with E-state index in [-0.39, 0.29) is 0 Å². The fraction of sp³-hybridized carbons (Fsp3) is 0.542. The van der Waals surface area contributed by atoms with E-state index < -0.39 is 0 Å². The highest BCUT2D eigenvalue weighted by Crippen LogP contribution is 2.26. The van der Waals surface area contributed by atoms with Gasteiger partial charge in [-0.3, -0.25) is 9.69 Å². The van der Waals surface area contributed by atoms with Gasteiger partial charge in [0.25, 0.3) is 0 Å². The Bertz CT molecular complexity index is 820. The molecule has 2 fully saturated rings. The van der Waals surface area contributed by atoms with Crippen LogP contribution >= 0.6 is 0 Å². The van der Waals surface area contributed by atoms with E-state index in [1.54, 1.807) is 6.20 Å². The van der Waals surface area contributed by atoms with Gasteiger partial charge in [-0.05, 0) is 24.0 Å². The minimum Gasteiger partial charge on any atom is -0.377 e. The fourth-order valence-corrected chi connectivity index (χ4v) is 3.23. The lowest BCUT2D eigenvalue weighted by Crippen LogP contribution is -2.42. The van der Waals surface area contributed by atoms with Crippen molar-refractivity contribution in [3.8, 4) is 0 Å². The maximum atomic E-state index is 10.8. The molecule has 1 aromatic heterocycles. The Labute approximate surface area is 191 Å². The molecule has 1 aromatic carbocycles. The number of rotatable bonds is 10. The molecule has 1 saturated heterocycles. The van der Waals surface area contributed by atoms with Gasteiger partial charge >= 0.3 is 0 Å². The number of anilines is 2. The van der Waals surface area contributed by atoms with Gasteiger partial charge in [0.15, 0.2) is 0 Å². The molecule has 0 radical (unpaired) electrons. The monoisotopic (exact) mass is 440 g/mol. The highest BCUT2D eigenvalue weighted by molar-refractivity contribution is 5.71. The van der Waals surface area contributed by atoms with Gasteiger partial charge in [-0.2, -0.15) is 4.98 Å². The van der Waals surface area contributed by atoms with E-state index in [1.165, 1.54) is 18.4 Å². The number of hydrogen-bond donors (Lipinski definition) is 3. The molecule has 174 valence electrons. The van der Waals surface area contributed by atoms with Crippen molar-refractivity contribution in [3.63, 3.8) is 0 Å². The zero-order valence-corrected chi connectivity index (χ0v) is 19.3. The first-order valence-electron chi connectivity index (χ1n) is 11.6. The number of ether oxygens (including phenoxy) is 1. The van der Waals surface area contributed by atoms with Crippen molar-refractivity contribution < 1.29 is 9.53 Å². The van der Waals surface area contributed by atoms with Gasteiger partial charge in [0.2, 0.25) is 12.4 Å². The molecule has 32 heavy (non-hydrogen) atoms. The largest absolute Gasteiger partial charge is 0.377 e. The minimum absolute atomic E-state index is 0.363. The number of aromatic nitrogens is 2. The zero-order chi connectivity index (χ0) is 22.6. The second-order valence-electron chi connectivity index (χ2n) is 8.35. The van der Waals surface area contributed by atoms with Gasteiger partial charge in [0.05, 0.1) is 6.61 Å². The van der Waals surface area contributed by atoms with Crippen molar-refractivity contribution in [2.45, 2.75) is 46.4 Å². The predicted molar refractivity (Wildman–Crippen MR) is 127 cm³/mol. The summed E-state index contributed by atoms with van der Waals surface area (Å²) < 4.78 is 5.38. The molecule has 8 heteroatoms. The summed E-state index contributed by atoms with van der Waals surface area (Å²) in [7, 11) is 0. The van der Waals surface area contributed by atoms with Crippen LogP contribution in [0.5, 0.6) is 0 Å². The van der Waals surface area contributed by atoms with E-state index in [1.807, 2.05) is 6.92 Å². The average molecular weight is 441 g/mol. The van der Waals surface area contributed by atoms with Crippen molar-refractivity contribution in [3.05, 3.63) is 47.2 Å². The smallest absolute Gasteiger partial charge is 0.224 e. The summed E-state index contributed by atoms with van der Waals surface area (Å²) in [6, 6.07) is 8.59. The molecule has 2 heterocycles. The van der Waals surface area contributed by atoms with Crippen LogP contribution in [0.3, 0.4) is 0 Å². The van der Waals surface area contributed by atoms with Crippen LogP contribution in [-0.2, 0) is 29.2 Å². The summed E-state index contributed by atoms with van der Waals surface area (Å²) in [5.74, 6) is 2.02. The van der Waals surface area contributed by atoms with Crippen molar-refractivity contribution in [2.75, 3.05) is 43.4 Å². The third-order valence-electron chi connectivity index (χ3n) is 5.48. The molecule has 2 aliphatic rings. The van der Waals surface area contributed by atoms with Crippen LogP contribution in [0.15, 0.2) is 30.5 Å². The number of carbonyl (C=O) groups is 1. The molecule has 1 aliphatic heterocycles. The van der Waals surface area contributed by atoms with Crippen LogP contribution in [-0.4, -0.2) is 54.1 Å². The van der Waals surface area contributed by atoms with Gasteiger partial charge in [-0.1, -0.05) is 44.0 Å². The molecule has 0 atom stereocenters. The van der Waals surface area contributed by atoms with Gasteiger partial charge in [0, 0.05) is 57.6 Å². The lowest BCUT2D eigenvalue weighted by molar-refractivity contribution is -0.105. The lowest BCUT2D eigenvalue weighted by Gasteiger charge is -2.27. The van der Waals surface area contributed by atoms with E-state index >= 15 is 0 Å². The first-order chi connectivity index (χ1) is 15.7. The van der Waals surface area contributed by atoms with E-state index in [2.05, 4.69) is 62.0 Å². The number of amides is 1. The molecule has 1 amide bonds. The van der Waals surface area contributed by atoms with Crippen LogP contribution in [0, 0.1) is 5.92 Å². The summed E-state index contributed by atoms with van der Waals surface area (Å²) in [6.45, 7) is 11.1. The van der Waals surface area contributed by atoms with Crippen molar-refractivity contribution in [1.29, 1.82) is 0 Å². The Morgan fingerprint density at radius 3 is 2.50 bits per heavy atom. The third-order valence-corrected chi connectivity index (χ3v) is 5.48. The SMILES string of the molecule is CC1CC1.CCOCc1cnc(NCc2ccc(CN3CCNCC3)cc2)nc1NC=O. The van der Waals surface area contributed by atoms with Gasteiger partial charge in [0.1, 0.15) is 5.82 Å². The van der Waals surface area contributed by atoms with Crippen LogP contribution in [0.2, 0.25) is 0 Å². The highest BCUT2D eigenvalue weighted by atomic mass is 16.5. The minimum atomic E-state index is 0.363. The van der Waals surface area contributed by atoms with Crippen molar-refractivity contribution in [2.24, 2.45) is 5.92 Å². The molecule has 0 bridgehead atoms. The quantitative estimate of drug-likeness (QED) is 0.489. The molecule has 2 aromatic rings. The molecule has 1 saturated carbocycles. The Morgan fingerprint density at radius 2 is 1.88 bits per heavy atom. The standard InChI is InChI=1S/C20H28N6O2.C4H8/c1-2-28-14-18-12-23-20(25-19(18)24-15-27)22-11-16-3-5-17(6-4-16)13-26-9-7-21-8-10-26;1-4-2-3-4/h3-6,12,15,21H,2,7-11,13-14H2,1H3,(H2,22,23,24,25,27);4H,2-3H2,1H3. The average Bonchev–Trinajstić information content (AvgIpc) is 3.61. The zero-order valence-electron chi connectivity index (χ0n) is 19.3. The summed E-state index contributed by atoms with van der Waals surface area (Å²) >= 11 is 0. The number of benzene rings is 1.